The fourth-order valence-electron chi connectivity index (χ4n) is 11.7. The quantitative estimate of drug-likeness (QED) is 0.0272. The van der Waals surface area contributed by atoms with E-state index >= 15 is 0 Å². The Bertz CT molecular complexity index is 1620. The summed E-state index contributed by atoms with van der Waals surface area (Å²) in [6.07, 6.45) is 96.7. The summed E-state index contributed by atoms with van der Waals surface area (Å²) in [7, 11) is 1.25. The molecule has 3 unspecified atom stereocenters. The number of unbranched alkanes of at least 4 members (excludes halogenated alkanes) is 51. The van der Waals surface area contributed by atoms with Crippen LogP contribution in [-0.4, -0.2) is 68.5 Å². The Morgan fingerprint density at radius 1 is 0.398 bits per heavy atom. The molecule has 8 nitrogen and oxygen atoms in total. The number of rotatable bonds is 72. The van der Waals surface area contributed by atoms with E-state index in [4.69, 9.17) is 9.05 Å². The maximum absolute atomic E-state index is 13.1. The van der Waals surface area contributed by atoms with Gasteiger partial charge in [0.05, 0.1) is 39.9 Å². The molecular formula is C79H151N2O6P. The third kappa shape index (κ3) is 71.6. The molecule has 0 saturated carbocycles. The van der Waals surface area contributed by atoms with Gasteiger partial charge in [0.25, 0.3) is 7.82 Å². The van der Waals surface area contributed by atoms with Crippen molar-refractivity contribution in [1.29, 1.82) is 0 Å². The minimum absolute atomic E-state index is 0.00850. The van der Waals surface area contributed by atoms with E-state index in [0.717, 1.165) is 51.4 Å². The van der Waals surface area contributed by atoms with Crippen molar-refractivity contribution in [3.63, 3.8) is 0 Å². The number of phosphoric acid groups is 1. The van der Waals surface area contributed by atoms with Gasteiger partial charge in [0.2, 0.25) is 5.91 Å². The first kappa shape index (κ1) is 86.2. The number of hydrogen-bond acceptors (Lipinski definition) is 6. The number of amides is 1. The maximum Gasteiger partial charge on any atom is 0.268 e. The van der Waals surface area contributed by atoms with Crippen molar-refractivity contribution in [1.82, 2.24) is 5.32 Å². The van der Waals surface area contributed by atoms with Gasteiger partial charge in [0, 0.05) is 6.42 Å². The van der Waals surface area contributed by atoms with Gasteiger partial charge in [-0.3, -0.25) is 9.36 Å². The molecule has 518 valence electrons. The van der Waals surface area contributed by atoms with Crippen LogP contribution in [0.15, 0.2) is 60.8 Å². The molecule has 0 aliphatic rings. The van der Waals surface area contributed by atoms with Gasteiger partial charge in [0.1, 0.15) is 13.2 Å². The third-order valence-corrected chi connectivity index (χ3v) is 18.6. The normalized spacial score (nSPS) is 13.9. The number of carbonyl (C=O) groups is 1. The number of allylic oxidation sites excluding steroid dienone is 9. The number of likely N-dealkylation sites (N-methyl/N-ethyl adjacent to an activating group) is 1. The molecule has 0 bridgehead atoms. The molecular weight excluding hydrogens is 1100 g/mol. The zero-order valence-corrected chi connectivity index (χ0v) is 60.3. The lowest BCUT2D eigenvalue weighted by Gasteiger charge is -2.29. The average Bonchev–Trinajstić information content (AvgIpc) is 3.64. The van der Waals surface area contributed by atoms with Crippen LogP contribution in [0.3, 0.4) is 0 Å². The van der Waals surface area contributed by atoms with E-state index in [1.807, 2.05) is 27.2 Å². The van der Waals surface area contributed by atoms with E-state index in [1.165, 1.54) is 315 Å². The summed E-state index contributed by atoms with van der Waals surface area (Å²) in [6, 6.07) is -0.912. The number of nitrogens with one attached hydrogen (secondary N) is 1. The highest BCUT2D eigenvalue weighted by atomic mass is 31.2. The zero-order valence-electron chi connectivity index (χ0n) is 59.4. The van der Waals surface area contributed by atoms with Gasteiger partial charge in [-0.05, 0) is 77.0 Å². The van der Waals surface area contributed by atoms with Crippen LogP contribution in [0.25, 0.3) is 0 Å². The second-order valence-corrected chi connectivity index (χ2v) is 29.1. The molecule has 0 aliphatic heterocycles. The number of aliphatic hydroxyl groups excluding tert-OH is 1. The number of carbonyl (C=O) groups excluding carboxylic acids is 1. The van der Waals surface area contributed by atoms with Crippen LogP contribution in [0.4, 0.5) is 0 Å². The summed E-state index contributed by atoms with van der Waals surface area (Å²) >= 11 is 0. The van der Waals surface area contributed by atoms with Crippen LogP contribution in [0.5, 0.6) is 0 Å². The lowest BCUT2D eigenvalue weighted by Crippen LogP contribution is -2.45. The van der Waals surface area contributed by atoms with Gasteiger partial charge < -0.3 is 28.8 Å². The number of phosphoric ester groups is 1. The van der Waals surface area contributed by atoms with Crippen molar-refractivity contribution in [3.8, 4) is 0 Å². The molecule has 0 spiro atoms. The Morgan fingerprint density at radius 3 is 0.989 bits per heavy atom. The Balaban J connectivity index is 4.03. The second-order valence-electron chi connectivity index (χ2n) is 27.7. The van der Waals surface area contributed by atoms with E-state index in [1.54, 1.807) is 6.08 Å². The van der Waals surface area contributed by atoms with Crippen LogP contribution in [-0.2, 0) is 18.4 Å². The molecule has 1 amide bonds. The summed E-state index contributed by atoms with van der Waals surface area (Å²) in [5, 5.41) is 14.0. The molecule has 88 heavy (non-hydrogen) atoms. The van der Waals surface area contributed by atoms with Gasteiger partial charge in [-0.15, -0.1) is 0 Å². The Kier molecular flexibility index (Phi) is 68.1. The highest BCUT2D eigenvalue weighted by Gasteiger charge is 2.23. The van der Waals surface area contributed by atoms with E-state index in [-0.39, 0.29) is 12.5 Å². The third-order valence-electron chi connectivity index (χ3n) is 17.7. The molecule has 9 heteroatoms. The van der Waals surface area contributed by atoms with Crippen molar-refractivity contribution in [2.45, 2.75) is 398 Å². The Hall–Kier alpha value is -1.80. The topological polar surface area (TPSA) is 108 Å². The molecule has 0 aromatic heterocycles. The molecule has 0 aromatic rings. The minimum atomic E-state index is -4.62. The van der Waals surface area contributed by atoms with Crippen LogP contribution in [0, 0.1) is 0 Å². The van der Waals surface area contributed by atoms with E-state index < -0.39 is 26.6 Å². The molecule has 0 fully saturated rings. The lowest BCUT2D eigenvalue weighted by molar-refractivity contribution is -0.870. The summed E-state index contributed by atoms with van der Waals surface area (Å²) in [6.45, 7) is 4.66. The van der Waals surface area contributed by atoms with Gasteiger partial charge >= 0.3 is 0 Å². The fourth-order valence-corrected chi connectivity index (χ4v) is 12.4. The highest BCUT2D eigenvalue weighted by molar-refractivity contribution is 7.45. The molecule has 0 aliphatic carbocycles. The number of hydrogen-bond donors (Lipinski definition) is 2. The first-order valence-corrected chi connectivity index (χ1v) is 40.1. The number of aliphatic hydroxyl groups is 1. The molecule has 0 saturated heterocycles. The largest absolute Gasteiger partial charge is 0.756 e. The molecule has 0 rings (SSSR count). The predicted octanol–water partition coefficient (Wildman–Crippen LogP) is 24.5. The molecule has 0 radical (unpaired) electrons. The molecule has 3 atom stereocenters. The first-order chi connectivity index (χ1) is 43.0. The SMILES string of the molecule is CCCCCCC/C=C\C/C=C\CCCCCCCCCCCCCCCCCCCCCCCCCC(=O)NC(COP(=O)([O-])OCC[N+](C)(C)C)C(O)/C=C/CC/C=C/CC/C=C/CCCCCCCCCCCCCCCCCCCCCCC. The number of quaternary nitrogens is 1. The van der Waals surface area contributed by atoms with Gasteiger partial charge in [-0.25, -0.2) is 0 Å². The summed E-state index contributed by atoms with van der Waals surface area (Å²) < 4.78 is 23.5. The van der Waals surface area contributed by atoms with Crippen molar-refractivity contribution in [2.75, 3.05) is 40.9 Å². The standard InChI is InChI=1S/C79H151N2O6P/c1-6-8-10-12-14-16-18-20-22-24-26-28-30-32-34-36-38-39-40-41-43-45-47-49-51-53-55-57-59-61-63-65-67-69-71-73-79(83)80-77(76-87-88(84,85)86-75-74-81(3,4)5)78(82)72-70-68-66-64-62-60-58-56-54-52-50-48-46-44-42-37-35-33-31-29-27-25-23-21-19-17-15-13-11-9-7-2/h18,20,24,26,54,56,62,64,70,72,77-78,82H,6-17,19,21-23,25,27-53,55,57-61,63,65-69,71,73-76H2,1-5H3,(H-,80,83,84,85)/b20-18-,26-24-,56-54+,64-62+,72-70+. The van der Waals surface area contributed by atoms with Crippen molar-refractivity contribution >= 4 is 13.7 Å². The van der Waals surface area contributed by atoms with E-state index in [2.05, 4.69) is 67.8 Å². The smallest absolute Gasteiger partial charge is 0.268 e. The Morgan fingerprint density at radius 2 is 0.670 bits per heavy atom. The van der Waals surface area contributed by atoms with E-state index in [9.17, 15) is 19.4 Å². The number of nitrogens with zero attached hydrogens (tertiary/aromatic N) is 1. The van der Waals surface area contributed by atoms with Gasteiger partial charge in [0.15, 0.2) is 0 Å². The summed E-state index contributed by atoms with van der Waals surface area (Å²) in [5.74, 6) is -0.205. The molecule has 0 heterocycles. The zero-order chi connectivity index (χ0) is 64.1. The summed E-state index contributed by atoms with van der Waals surface area (Å²) in [4.78, 5) is 25.7. The molecule has 2 N–H and O–H groups in total. The van der Waals surface area contributed by atoms with Crippen LogP contribution in [0.1, 0.15) is 386 Å². The average molecular weight is 1260 g/mol. The monoisotopic (exact) mass is 1260 g/mol. The van der Waals surface area contributed by atoms with E-state index in [0.29, 0.717) is 17.4 Å². The highest BCUT2D eigenvalue weighted by Crippen LogP contribution is 2.38. The maximum atomic E-state index is 13.1. The lowest BCUT2D eigenvalue weighted by atomic mass is 10.0. The summed E-state index contributed by atoms with van der Waals surface area (Å²) in [5.41, 5.74) is 0. The minimum Gasteiger partial charge on any atom is -0.756 e. The molecule has 0 aromatic carbocycles. The van der Waals surface area contributed by atoms with Crippen LogP contribution < -0.4 is 10.2 Å². The van der Waals surface area contributed by atoms with Crippen LogP contribution >= 0.6 is 7.82 Å². The van der Waals surface area contributed by atoms with Crippen molar-refractivity contribution in [2.24, 2.45) is 0 Å². The Labute approximate surface area is 549 Å². The van der Waals surface area contributed by atoms with Crippen molar-refractivity contribution in [3.05, 3.63) is 60.8 Å². The second kappa shape index (κ2) is 69.5. The first-order valence-electron chi connectivity index (χ1n) is 38.7. The van der Waals surface area contributed by atoms with Crippen molar-refractivity contribution < 1.29 is 32.9 Å². The van der Waals surface area contributed by atoms with Gasteiger partial charge in [-0.2, -0.15) is 0 Å². The predicted molar refractivity (Wildman–Crippen MR) is 385 cm³/mol. The van der Waals surface area contributed by atoms with Crippen LogP contribution in [0.2, 0.25) is 0 Å². The van der Waals surface area contributed by atoms with Gasteiger partial charge in [-0.1, -0.05) is 364 Å². The fraction of sp³-hybridized carbons (Fsp3) is 0.861.